The molecule has 1 N–H and O–H groups in total. The van der Waals surface area contributed by atoms with Crippen molar-refractivity contribution in [2.75, 3.05) is 12.4 Å². The van der Waals surface area contributed by atoms with E-state index in [1.807, 2.05) is 6.92 Å². The highest BCUT2D eigenvalue weighted by Gasteiger charge is 2.31. The van der Waals surface area contributed by atoms with Crippen molar-refractivity contribution in [2.24, 2.45) is 0 Å². The molecule has 0 aliphatic carbocycles. The average Bonchev–Trinajstić information content (AvgIpc) is 2.46. The summed E-state index contributed by atoms with van der Waals surface area (Å²) in [6, 6.07) is 9.63. The van der Waals surface area contributed by atoms with Gasteiger partial charge in [0, 0.05) is 5.56 Å². The third-order valence-corrected chi connectivity index (χ3v) is 3.09. The Balaban J connectivity index is 2.31. The topological polar surface area (TPSA) is 38.3 Å². The molecule has 1 amide bonds. The van der Waals surface area contributed by atoms with Crippen LogP contribution in [0.15, 0.2) is 42.5 Å². The van der Waals surface area contributed by atoms with Gasteiger partial charge in [-0.05, 0) is 37.3 Å². The fourth-order valence-electron chi connectivity index (χ4n) is 1.88. The lowest BCUT2D eigenvalue weighted by atomic mass is 10.1. The summed E-state index contributed by atoms with van der Waals surface area (Å²) in [6.45, 7) is 1.87. The molecule has 0 aliphatic rings. The molecule has 0 saturated carbocycles. The molecule has 0 fully saturated rings. The van der Waals surface area contributed by atoms with Gasteiger partial charge in [0.15, 0.2) is 0 Å². The van der Waals surface area contributed by atoms with Gasteiger partial charge >= 0.3 is 6.18 Å². The molecule has 0 aromatic heterocycles. The maximum Gasteiger partial charge on any atom is 0.416 e. The second-order valence-electron chi connectivity index (χ2n) is 4.73. The molecule has 0 bridgehead atoms. The zero-order valence-electron chi connectivity index (χ0n) is 12.0. The predicted molar refractivity (Wildman–Crippen MR) is 77.1 cm³/mol. The van der Waals surface area contributed by atoms with Crippen molar-refractivity contribution >= 4 is 11.6 Å². The summed E-state index contributed by atoms with van der Waals surface area (Å²) in [5, 5.41) is 2.45. The minimum atomic E-state index is -4.49. The van der Waals surface area contributed by atoms with Crippen LogP contribution >= 0.6 is 0 Å². The van der Waals surface area contributed by atoms with Crippen LogP contribution in [0.4, 0.5) is 18.9 Å². The van der Waals surface area contributed by atoms with E-state index >= 15 is 0 Å². The molecule has 0 spiro atoms. The molecule has 0 aliphatic heterocycles. The molecule has 0 saturated heterocycles. The van der Waals surface area contributed by atoms with Crippen LogP contribution in [-0.4, -0.2) is 13.0 Å². The summed E-state index contributed by atoms with van der Waals surface area (Å²) >= 11 is 0. The normalized spacial score (nSPS) is 11.1. The first-order chi connectivity index (χ1) is 10.3. The number of carbonyl (C=O) groups is 1. The van der Waals surface area contributed by atoms with Crippen LogP contribution in [0, 0.1) is 6.92 Å². The molecule has 0 unspecified atom stereocenters. The molecule has 116 valence electrons. The molecule has 6 heteroatoms. The number of nitrogens with one attached hydrogen (secondary N) is 1. The summed E-state index contributed by atoms with van der Waals surface area (Å²) in [7, 11) is 1.32. The number of halogens is 3. The van der Waals surface area contributed by atoms with Crippen LogP contribution in [0.25, 0.3) is 0 Å². The van der Waals surface area contributed by atoms with E-state index in [-0.39, 0.29) is 11.4 Å². The van der Waals surface area contributed by atoms with Crippen molar-refractivity contribution in [2.45, 2.75) is 13.1 Å². The van der Waals surface area contributed by atoms with E-state index in [1.54, 1.807) is 24.3 Å². The quantitative estimate of drug-likeness (QED) is 0.919. The van der Waals surface area contributed by atoms with Crippen molar-refractivity contribution in [1.29, 1.82) is 0 Å². The Labute approximate surface area is 125 Å². The van der Waals surface area contributed by atoms with Gasteiger partial charge in [-0.2, -0.15) is 13.2 Å². The number of amides is 1. The first-order valence-corrected chi connectivity index (χ1v) is 6.44. The maximum absolute atomic E-state index is 12.8. The van der Waals surface area contributed by atoms with Crippen molar-refractivity contribution in [3.8, 4) is 5.75 Å². The fraction of sp³-hybridized carbons (Fsp3) is 0.188. The van der Waals surface area contributed by atoms with Gasteiger partial charge in [0.05, 0.1) is 18.4 Å². The minimum absolute atomic E-state index is 0.0251. The summed E-state index contributed by atoms with van der Waals surface area (Å²) in [6.07, 6.45) is -4.49. The molecule has 2 aromatic rings. The van der Waals surface area contributed by atoms with Crippen LogP contribution in [0.2, 0.25) is 0 Å². The Kier molecular flexibility index (Phi) is 4.40. The molecular weight excluding hydrogens is 295 g/mol. The van der Waals surface area contributed by atoms with Crippen LogP contribution in [-0.2, 0) is 6.18 Å². The zero-order chi connectivity index (χ0) is 16.3. The zero-order valence-corrected chi connectivity index (χ0v) is 12.0. The highest BCUT2D eigenvalue weighted by atomic mass is 19.4. The number of aryl methyl sites for hydroxylation is 1. The third-order valence-electron chi connectivity index (χ3n) is 3.09. The highest BCUT2D eigenvalue weighted by Crippen LogP contribution is 2.35. The van der Waals surface area contributed by atoms with E-state index < -0.39 is 17.6 Å². The number of benzene rings is 2. The van der Waals surface area contributed by atoms with Gasteiger partial charge in [-0.1, -0.05) is 17.7 Å². The second kappa shape index (κ2) is 6.09. The first-order valence-electron chi connectivity index (χ1n) is 6.44. The number of ether oxygens (including phenoxy) is 1. The van der Waals surface area contributed by atoms with Gasteiger partial charge in [-0.15, -0.1) is 0 Å². The largest absolute Gasteiger partial charge is 0.495 e. The number of alkyl halides is 3. The third kappa shape index (κ3) is 3.58. The van der Waals surface area contributed by atoms with Crippen LogP contribution < -0.4 is 10.1 Å². The summed E-state index contributed by atoms with van der Waals surface area (Å²) < 4.78 is 43.3. The van der Waals surface area contributed by atoms with Gasteiger partial charge < -0.3 is 10.1 Å². The van der Waals surface area contributed by atoms with Gasteiger partial charge in [0.2, 0.25) is 0 Å². The van der Waals surface area contributed by atoms with E-state index in [1.165, 1.54) is 13.2 Å². The summed E-state index contributed by atoms with van der Waals surface area (Å²) in [5.74, 6) is -0.342. The van der Waals surface area contributed by atoms with E-state index in [0.717, 1.165) is 17.7 Å². The van der Waals surface area contributed by atoms with E-state index in [0.29, 0.717) is 5.56 Å². The molecule has 2 aromatic carbocycles. The average molecular weight is 309 g/mol. The first kappa shape index (κ1) is 15.9. The molecule has 3 nitrogen and oxygen atoms in total. The Bertz CT molecular complexity index is 679. The fourth-order valence-corrected chi connectivity index (χ4v) is 1.88. The SMILES string of the molecule is COc1ccc(C(F)(F)F)cc1NC(=O)c1ccc(C)cc1. The number of methoxy groups -OCH3 is 1. The van der Waals surface area contributed by atoms with Gasteiger partial charge in [0.1, 0.15) is 5.75 Å². The predicted octanol–water partition coefficient (Wildman–Crippen LogP) is 4.27. The van der Waals surface area contributed by atoms with E-state index in [4.69, 9.17) is 4.74 Å². The van der Waals surface area contributed by atoms with Crippen molar-refractivity contribution in [1.82, 2.24) is 0 Å². The lowest BCUT2D eigenvalue weighted by Crippen LogP contribution is -2.14. The summed E-state index contributed by atoms with van der Waals surface area (Å²) in [5.41, 5.74) is 0.452. The summed E-state index contributed by atoms with van der Waals surface area (Å²) in [4.78, 5) is 12.1. The second-order valence-corrected chi connectivity index (χ2v) is 4.73. The molecule has 0 atom stereocenters. The van der Waals surface area contributed by atoms with E-state index in [2.05, 4.69) is 5.32 Å². The van der Waals surface area contributed by atoms with E-state index in [9.17, 15) is 18.0 Å². The Morgan fingerprint density at radius 3 is 2.27 bits per heavy atom. The Hall–Kier alpha value is -2.50. The number of anilines is 1. The number of carbonyl (C=O) groups excluding carboxylic acids is 1. The monoisotopic (exact) mass is 309 g/mol. The van der Waals surface area contributed by atoms with Gasteiger partial charge in [0.25, 0.3) is 5.91 Å². The molecule has 22 heavy (non-hydrogen) atoms. The lowest BCUT2D eigenvalue weighted by molar-refractivity contribution is -0.137. The molecule has 2 rings (SSSR count). The van der Waals surface area contributed by atoms with Gasteiger partial charge in [-0.3, -0.25) is 4.79 Å². The molecule has 0 radical (unpaired) electrons. The van der Waals surface area contributed by atoms with Crippen molar-refractivity contribution in [3.05, 3.63) is 59.2 Å². The molecule has 0 heterocycles. The Morgan fingerprint density at radius 2 is 1.73 bits per heavy atom. The molecular formula is C16H14F3NO2. The van der Waals surface area contributed by atoms with Crippen molar-refractivity contribution < 1.29 is 22.7 Å². The van der Waals surface area contributed by atoms with Crippen LogP contribution in [0.5, 0.6) is 5.75 Å². The van der Waals surface area contributed by atoms with Crippen LogP contribution in [0.1, 0.15) is 21.5 Å². The van der Waals surface area contributed by atoms with Crippen molar-refractivity contribution in [3.63, 3.8) is 0 Å². The lowest BCUT2D eigenvalue weighted by Gasteiger charge is -2.13. The van der Waals surface area contributed by atoms with Crippen LogP contribution in [0.3, 0.4) is 0 Å². The highest BCUT2D eigenvalue weighted by molar-refractivity contribution is 6.05. The number of hydrogen-bond acceptors (Lipinski definition) is 2. The Morgan fingerprint density at radius 1 is 1.09 bits per heavy atom. The number of rotatable bonds is 3. The smallest absolute Gasteiger partial charge is 0.416 e. The maximum atomic E-state index is 12.8. The number of hydrogen-bond donors (Lipinski definition) is 1. The minimum Gasteiger partial charge on any atom is -0.495 e. The van der Waals surface area contributed by atoms with Gasteiger partial charge in [-0.25, -0.2) is 0 Å². The standard InChI is InChI=1S/C16H14F3NO2/c1-10-3-5-11(6-4-10)15(21)20-13-9-12(16(17,18)19)7-8-14(13)22-2/h3-9H,1-2H3,(H,20,21).